The normalized spacial score (nSPS) is 16.4. The summed E-state index contributed by atoms with van der Waals surface area (Å²) in [5.74, 6) is 0.276. The Morgan fingerprint density at radius 2 is 2.00 bits per heavy atom. The molecule has 7 heteroatoms. The predicted octanol–water partition coefficient (Wildman–Crippen LogP) is 3.40. The smallest absolute Gasteiger partial charge is 0.321 e. The highest BCUT2D eigenvalue weighted by atomic mass is 32.1. The van der Waals surface area contributed by atoms with E-state index in [0.29, 0.717) is 25.3 Å². The van der Waals surface area contributed by atoms with Crippen LogP contribution in [0.25, 0.3) is 0 Å². The third-order valence-electron chi connectivity index (χ3n) is 4.63. The number of carbonyl (C=O) groups is 2. The van der Waals surface area contributed by atoms with Crippen molar-refractivity contribution in [3.8, 4) is 0 Å². The van der Waals surface area contributed by atoms with Crippen LogP contribution in [-0.2, 0) is 11.3 Å². The largest absolute Gasteiger partial charge is 0.391 e. The molecule has 2 atom stereocenters. The number of hydrogen-bond acceptors (Lipinski definition) is 5. The molecule has 0 bridgehead atoms. The first-order valence-corrected chi connectivity index (χ1v) is 10.3. The number of rotatable bonds is 9. The minimum absolute atomic E-state index is 0.0927. The monoisotopic (exact) mass is 381 g/mol. The molecule has 0 spiro atoms. The van der Waals surface area contributed by atoms with Gasteiger partial charge in [0.2, 0.25) is 0 Å². The Morgan fingerprint density at radius 3 is 2.46 bits per heavy atom. The molecule has 1 aliphatic rings. The van der Waals surface area contributed by atoms with Gasteiger partial charge in [0, 0.05) is 30.8 Å². The summed E-state index contributed by atoms with van der Waals surface area (Å²) in [6.07, 6.45) is 2.12. The SMILES string of the molecule is CCCC(=O)C(C(C)O)N(C)C(=O)N(Cc1csc(C(C)C)n1)C1CC1. The standard InChI is InChI=1S/C19H31N3O3S/c1-6-7-16(24)17(13(4)23)21(5)19(25)22(15-8-9-15)10-14-11-26-18(20-14)12(2)3/h11-13,15,17,23H,6-10H2,1-5H3. The molecule has 146 valence electrons. The van der Waals surface area contributed by atoms with Crippen molar-refractivity contribution in [1.29, 1.82) is 0 Å². The van der Waals surface area contributed by atoms with Gasteiger partial charge in [0.25, 0.3) is 0 Å². The maximum Gasteiger partial charge on any atom is 0.321 e. The summed E-state index contributed by atoms with van der Waals surface area (Å²) in [5, 5.41) is 13.1. The molecule has 2 unspecified atom stereocenters. The third kappa shape index (κ3) is 5.04. The second-order valence-corrected chi connectivity index (χ2v) is 8.38. The summed E-state index contributed by atoms with van der Waals surface area (Å²) in [4.78, 5) is 33.3. The van der Waals surface area contributed by atoms with Crippen LogP contribution in [0.2, 0.25) is 0 Å². The van der Waals surface area contributed by atoms with E-state index in [0.717, 1.165) is 23.5 Å². The highest BCUT2D eigenvalue weighted by Gasteiger charge is 2.38. The van der Waals surface area contributed by atoms with E-state index < -0.39 is 12.1 Å². The first kappa shape index (κ1) is 20.8. The van der Waals surface area contributed by atoms with Crippen molar-refractivity contribution in [2.24, 2.45) is 0 Å². The number of likely N-dealkylation sites (N-methyl/N-ethyl adjacent to an activating group) is 1. The number of nitrogens with zero attached hydrogens (tertiary/aromatic N) is 3. The average Bonchev–Trinajstić information content (AvgIpc) is 3.29. The van der Waals surface area contributed by atoms with Gasteiger partial charge in [0.15, 0.2) is 5.78 Å². The Balaban J connectivity index is 2.14. The number of carbonyl (C=O) groups excluding carboxylic acids is 2. The molecule has 0 aliphatic heterocycles. The highest BCUT2D eigenvalue weighted by Crippen LogP contribution is 2.30. The van der Waals surface area contributed by atoms with Gasteiger partial charge in [0.05, 0.1) is 23.4 Å². The topological polar surface area (TPSA) is 73.7 Å². The molecule has 6 nitrogen and oxygen atoms in total. The van der Waals surface area contributed by atoms with Gasteiger partial charge in [-0.25, -0.2) is 9.78 Å². The van der Waals surface area contributed by atoms with E-state index in [1.807, 2.05) is 12.3 Å². The number of amides is 2. The van der Waals surface area contributed by atoms with Crippen LogP contribution < -0.4 is 0 Å². The number of ketones is 1. The zero-order valence-electron chi connectivity index (χ0n) is 16.4. The van der Waals surface area contributed by atoms with E-state index in [1.54, 1.807) is 30.2 Å². The Morgan fingerprint density at radius 1 is 1.35 bits per heavy atom. The number of aliphatic hydroxyl groups excluding tert-OH is 1. The predicted molar refractivity (Wildman–Crippen MR) is 103 cm³/mol. The van der Waals surface area contributed by atoms with E-state index >= 15 is 0 Å². The summed E-state index contributed by atoms with van der Waals surface area (Å²) < 4.78 is 0. The second kappa shape index (κ2) is 8.95. The van der Waals surface area contributed by atoms with E-state index in [2.05, 4.69) is 18.8 Å². The van der Waals surface area contributed by atoms with Crippen molar-refractivity contribution in [2.45, 2.75) is 84.0 Å². The van der Waals surface area contributed by atoms with Gasteiger partial charge in [-0.1, -0.05) is 20.8 Å². The van der Waals surface area contributed by atoms with Crippen LogP contribution in [0.4, 0.5) is 4.79 Å². The highest BCUT2D eigenvalue weighted by molar-refractivity contribution is 7.09. The third-order valence-corrected chi connectivity index (χ3v) is 5.83. The minimum atomic E-state index is -0.893. The fourth-order valence-electron chi connectivity index (χ4n) is 3.10. The average molecular weight is 382 g/mol. The molecule has 2 amide bonds. The van der Waals surface area contributed by atoms with Crippen molar-refractivity contribution in [1.82, 2.24) is 14.8 Å². The maximum absolute atomic E-state index is 13.1. The Bertz CT molecular complexity index is 625. The van der Waals surface area contributed by atoms with E-state index in [9.17, 15) is 14.7 Å². The van der Waals surface area contributed by atoms with Crippen LogP contribution >= 0.6 is 11.3 Å². The maximum atomic E-state index is 13.1. The van der Waals surface area contributed by atoms with Crippen LogP contribution in [0.3, 0.4) is 0 Å². The molecule has 0 saturated heterocycles. The van der Waals surface area contributed by atoms with E-state index in [1.165, 1.54) is 4.90 Å². The number of thiazole rings is 1. The lowest BCUT2D eigenvalue weighted by molar-refractivity contribution is -0.126. The Kier molecular flexibility index (Phi) is 7.17. The van der Waals surface area contributed by atoms with Crippen LogP contribution in [-0.4, -0.2) is 56.9 Å². The van der Waals surface area contributed by atoms with Gasteiger partial charge in [0.1, 0.15) is 6.04 Å². The summed E-state index contributed by atoms with van der Waals surface area (Å²) in [6, 6.07) is -0.808. The van der Waals surface area contributed by atoms with Crippen LogP contribution in [0.15, 0.2) is 5.38 Å². The molecule has 1 aromatic rings. The molecule has 1 aromatic heterocycles. The molecule has 1 saturated carbocycles. The number of aliphatic hydroxyl groups is 1. The molecule has 1 heterocycles. The molecular weight excluding hydrogens is 350 g/mol. The summed E-state index contributed by atoms with van der Waals surface area (Å²) >= 11 is 1.62. The van der Waals surface area contributed by atoms with Gasteiger partial charge < -0.3 is 14.9 Å². The lowest BCUT2D eigenvalue weighted by atomic mass is 10.0. The Hall–Kier alpha value is -1.47. The van der Waals surface area contributed by atoms with Crippen LogP contribution in [0.5, 0.6) is 0 Å². The van der Waals surface area contributed by atoms with Crippen LogP contribution in [0.1, 0.15) is 70.0 Å². The number of aromatic nitrogens is 1. The van der Waals surface area contributed by atoms with E-state index in [4.69, 9.17) is 0 Å². The summed E-state index contributed by atoms with van der Waals surface area (Å²) in [5.41, 5.74) is 0.890. The minimum Gasteiger partial charge on any atom is -0.391 e. The van der Waals surface area contributed by atoms with Gasteiger partial charge in [-0.2, -0.15) is 0 Å². The Labute approximate surface area is 160 Å². The van der Waals surface area contributed by atoms with Crippen molar-refractivity contribution in [3.05, 3.63) is 16.1 Å². The van der Waals surface area contributed by atoms with Gasteiger partial charge in [-0.15, -0.1) is 11.3 Å². The molecule has 26 heavy (non-hydrogen) atoms. The van der Waals surface area contributed by atoms with Gasteiger partial charge in [-0.3, -0.25) is 4.79 Å². The number of urea groups is 1. The molecule has 0 aromatic carbocycles. The summed E-state index contributed by atoms with van der Waals surface area (Å²) in [7, 11) is 1.61. The van der Waals surface area contributed by atoms with Crippen molar-refractivity contribution < 1.29 is 14.7 Å². The van der Waals surface area contributed by atoms with E-state index in [-0.39, 0.29) is 17.9 Å². The van der Waals surface area contributed by atoms with Gasteiger partial charge in [-0.05, 0) is 26.2 Å². The quantitative estimate of drug-likeness (QED) is 0.711. The van der Waals surface area contributed by atoms with Crippen LogP contribution in [0, 0.1) is 0 Å². The van der Waals surface area contributed by atoms with Crippen molar-refractivity contribution in [3.63, 3.8) is 0 Å². The fourth-order valence-corrected chi connectivity index (χ4v) is 3.92. The van der Waals surface area contributed by atoms with Crippen molar-refractivity contribution >= 4 is 23.2 Å². The fraction of sp³-hybridized carbons (Fsp3) is 0.737. The molecule has 1 N–H and O–H groups in total. The second-order valence-electron chi connectivity index (χ2n) is 7.49. The van der Waals surface area contributed by atoms with Crippen molar-refractivity contribution in [2.75, 3.05) is 7.05 Å². The molecule has 1 aliphatic carbocycles. The lowest BCUT2D eigenvalue weighted by Gasteiger charge is -2.34. The first-order valence-electron chi connectivity index (χ1n) is 9.44. The number of Topliss-reactive ketones (excluding diaryl/α,β-unsaturated/α-hetero) is 1. The molecule has 0 radical (unpaired) electrons. The zero-order chi connectivity index (χ0) is 19.4. The molecule has 1 fully saturated rings. The lowest BCUT2D eigenvalue weighted by Crippen LogP contribution is -2.53. The molecule has 2 rings (SSSR count). The summed E-state index contributed by atoms with van der Waals surface area (Å²) in [6.45, 7) is 8.15. The number of hydrogen-bond donors (Lipinski definition) is 1. The van der Waals surface area contributed by atoms with Gasteiger partial charge >= 0.3 is 6.03 Å². The zero-order valence-corrected chi connectivity index (χ0v) is 17.3. The molecular formula is C19H31N3O3S. The first-order chi connectivity index (χ1) is 12.3.